The fraction of sp³-hybridized carbons (Fsp3) is 0.500. The van der Waals surface area contributed by atoms with Gasteiger partial charge in [0.2, 0.25) is 0 Å². The smallest absolute Gasteiger partial charge is 0.153 e. The molecule has 0 saturated heterocycles. The second-order valence-electron chi connectivity index (χ2n) is 3.95. The molecule has 1 aromatic rings. The Labute approximate surface area is 88.3 Å². The number of carbonyl (C=O) groups excluding carboxylic acids is 1. The van der Waals surface area contributed by atoms with E-state index in [1.165, 1.54) is 0 Å². The van der Waals surface area contributed by atoms with Crippen LogP contribution in [0.1, 0.15) is 37.0 Å². The summed E-state index contributed by atoms with van der Waals surface area (Å²) < 4.78 is 0.215. The molecule has 1 aromatic heterocycles. The van der Waals surface area contributed by atoms with Gasteiger partial charge in [0.25, 0.3) is 0 Å². The van der Waals surface area contributed by atoms with Gasteiger partial charge in [-0.15, -0.1) is 11.8 Å². The lowest BCUT2D eigenvalue weighted by Crippen LogP contribution is -2.08. The average Bonchev–Trinajstić information content (AvgIpc) is 2.14. The Balaban J connectivity index is 2.56. The highest BCUT2D eigenvalue weighted by atomic mass is 32.2. The molecule has 0 amide bonds. The van der Waals surface area contributed by atoms with E-state index in [0.29, 0.717) is 5.56 Å². The predicted octanol–water partition coefficient (Wildman–Crippen LogP) is 2.32. The number of hydrogen-bond acceptors (Lipinski definition) is 4. The number of thioether (sulfide) groups is 1. The van der Waals surface area contributed by atoms with Crippen molar-refractivity contribution in [2.24, 2.45) is 0 Å². The van der Waals surface area contributed by atoms with Gasteiger partial charge in [0.15, 0.2) is 6.29 Å². The van der Waals surface area contributed by atoms with E-state index in [1.807, 2.05) is 0 Å². The van der Waals surface area contributed by atoms with Gasteiger partial charge in [-0.25, -0.2) is 9.97 Å². The van der Waals surface area contributed by atoms with Crippen LogP contribution < -0.4 is 0 Å². The molecule has 0 aromatic carbocycles. The lowest BCUT2D eigenvalue weighted by atomic mass is 10.3. The summed E-state index contributed by atoms with van der Waals surface area (Å²) >= 11 is 1.79. The van der Waals surface area contributed by atoms with Gasteiger partial charge in [-0.3, -0.25) is 4.79 Å². The molecular weight excluding hydrogens is 196 g/mol. The van der Waals surface area contributed by atoms with E-state index in [1.54, 1.807) is 24.2 Å². The quantitative estimate of drug-likeness (QED) is 0.718. The maximum absolute atomic E-state index is 10.3. The minimum atomic E-state index is 0.215. The van der Waals surface area contributed by atoms with Crippen molar-refractivity contribution in [3.8, 4) is 0 Å². The molecule has 1 heterocycles. The predicted molar refractivity (Wildman–Crippen MR) is 58.5 cm³/mol. The molecule has 76 valence electrons. The highest BCUT2D eigenvalue weighted by molar-refractivity contribution is 7.99. The zero-order valence-electron chi connectivity index (χ0n) is 8.65. The summed E-state index contributed by atoms with van der Waals surface area (Å²) in [6.45, 7) is 6.45. The third kappa shape index (κ3) is 3.87. The van der Waals surface area contributed by atoms with Crippen LogP contribution in [0.15, 0.2) is 12.4 Å². The summed E-state index contributed by atoms with van der Waals surface area (Å²) in [5, 5.41) is 0. The molecule has 0 spiro atoms. The van der Waals surface area contributed by atoms with Crippen molar-refractivity contribution >= 4 is 18.0 Å². The first-order valence-corrected chi connectivity index (χ1v) is 5.40. The summed E-state index contributed by atoms with van der Waals surface area (Å²) in [5.74, 6) is 1.55. The van der Waals surface area contributed by atoms with Crippen LogP contribution in [0, 0.1) is 0 Å². The van der Waals surface area contributed by atoms with Crippen LogP contribution in [0.2, 0.25) is 0 Å². The Morgan fingerprint density at radius 2 is 1.93 bits per heavy atom. The van der Waals surface area contributed by atoms with Gasteiger partial charge in [-0.05, 0) is 0 Å². The van der Waals surface area contributed by atoms with E-state index in [2.05, 4.69) is 30.7 Å². The van der Waals surface area contributed by atoms with Crippen LogP contribution in [0.5, 0.6) is 0 Å². The third-order valence-electron chi connectivity index (χ3n) is 1.50. The Morgan fingerprint density at radius 3 is 2.36 bits per heavy atom. The molecule has 0 N–H and O–H groups in total. The molecule has 0 bridgehead atoms. The Hall–Kier alpha value is -0.900. The summed E-state index contributed by atoms with van der Waals surface area (Å²) in [6, 6.07) is 0. The van der Waals surface area contributed by atoms with E-state index < -0.39 is 0 Å². The number of aromatic nitrogens is 2. The van der Waals surface area contributed by atoms with Crippen LogP contribution >= 0.6 is 11.8 Å². The first kappa shape index (κ1) is 11.2. The Kier molecular flexibility index (Phi) is 3.63. The third-order valence-corrected chi connectivity index (χ3v) is 2.76. The van der Waals surface area contributed by atoms with Gasteiger partial charge < -0.3 is 0 Å². The maximum atomic E-state index is 10.3. The number of carbonyl (C=O) groups is 1. The number of nitrogens with zero attached hydrogens (tertiary/aromatic N) is 2. The zero-order valence-corrected chi connectivity index (χ0v) is 9.47. The van der Waals surface area contributed by atoms with Gasteiger partial charge in [0, 0.05) is 17.1 Å². The molecule has 0 aliphatic rings. The molecule has 0 saturated carbocycles. The lowest BCUT2D eigenvalue weighted by molar-refractivity contribution is 0.112. The molecule has 0 atom stereocenters. The van der Waals surface area contributed by atoms with E-state index in [0.717, 1.165) is 17.9 Å². The fourth-order valence-electron chi connectivity index (χ4n) is 0.781. The normalized spacial score (nSPS) is 11.4. The van der Waals surface area contributed by atoms with Crippen LogP contribution in [0.4, 0.5) is 0 Å². The summed E-state index contributed by atoms with van der Waals surface area (Å²) in [7, 11) is 0. The largest absolute Gasteiger partial charge is 0.298 e. The maximum Gasteiger partial charge on any atom is 0.153 e. The zero-order chi connectivity index (χ0) is 10.6. The topological polar surface area (TPSA) is 42.9 Å². The number of rotatable bonds is 3. The van der Waals surface area contributed by atoms with Crippen molar-refractivity contribution < 1.29 is 4.79 Å². The number of aldehydes is 1. The van der Waals surface area contributed by atoms with E-state index >= 15 is 0 Å². The van der Waals surface area contributed by atoms with Crippen LogP contribution in [-0.4, -0.2) is 21.0 Å². The minimum Gasteiger partial charge on any atom is -0.298 e. The molecule has 4 heteroatoms. The fourth-order valence-corrected chi connectivity index (χ4v) is 1.49. The van der Waals surface area contributed by atoms with Crippen molar-refractivity contribution in [2.75, 3.05) is 0 Å². The van der Waals surface area contributed by atoms with Crippen molar-refractivity contribution in [2.45, 2.75) is 31.3 Å². The molecule has 0 fully saturated rings. The molecular formula is C10H14N2OS. The molecule has 14 heavy (non-hydrogen) atoms. The van der Waals surface area contributed by atoms with Crippen molar-refractivity contribution in [1.29, 1.82) is 0 Å². The summed E-state index contributed by atoms with van der Waals surface area (Å²) in [5.41, 5.74) is 0.523. The second kappa shape index (κ2) is 4.55. The van der Waals surface area contributed by atoms with Crippen molar-refractivity contribution in [3.05, 3.63) is 23.8 Å². The standard InChI is InChI=1S/C10H14N2OS/c1-10(2,3)14-7-9-11-4-8(6-13)5-12-9/h4-6H,7H2,1-3H3. The molecule has 0 radical (unpaired) electrons. The van der Waals surface area contributed by atoms with Gasteiger partial charge in [-0.2, -0.15) is 0 Å². The molecule has 3 nitrogen and oxygen atoms in total. The summed E-state index contributed by atoms with van der Waals surface area (Å²) in [6.07, 6.45) is 3.86. The molecule has 1 rings (SSSR count). The van der Waals surface area contributed by atoms with Gasteiger partial charge in [-0.1, -0.05) is 20.8 Å². The van der Waals surface area contributed by atoms with Crippen molar-refractivity contribution in [3.63, 3.8) is 0 Å². The van der Waals surface area contributed by atoms with Crippen LogP contribution in [-0.2, 0) is 5.75 Å². The summed E-state index contributed by atoms with van der Waals surface area (Å²) in [4.78, 5) is 18.5. The Morgan fingerprint density at radius 1 is 1.36 bits per heavy atom. The van der Waals surface area contributed by atoms with Crippen molar-refractivity contribution in [1.82, 2.24) is 9.97 Å². The van der Waals surface area contributed by atoms with E-state index in [9.17, 15) is 4.79 Å². The van der Waals surface area contributed by atoms with Gasteiger partial charge in [0.05, 0.1) is 11.3 Å². The Bertz CT molecular complexity index is 303. The molecule has 0 aliphatic carbocycles. The van der Waals surface area contributed by atoms with Gasteiger partial charge in [0.1, 0.15) is 5.82 Å². The van der Waals surface area contributed by atoms with Crippen LogP contribution in [0.3, 0.4) is 0 Å². The lowest BCUT2D eigenvalue weighted by Gasteiger charge is -2.16. The second-order valence-corrected chi connectivity index (χ2v) is 5.75. The number of hydrogen-bond donors (Lipinski definition) is 0. The monoisotopic (exact) mass is 210 g/mol. The highest BCUT2D eigenvalue weighted by Crippen LogP contribution is 2.25. The van der Waals surface area contributed by atoms with E-state index in [4.69, 9.17) is 0 Å². The SMILES string of the molecule is CC(C)(C)SCc1ncc(C=O)cn1. The molecule has 0 aliphatic heterocycles. The first-order valence-electron chi connectivity index (χ1n) is 4.41. The highest BCUT2D eigenvalue weighted by Gasteiger charge is 2.11. The van der Waals surface area contributed by atoms with Crippen LogP contribution in [0.25, 0.3) is 0 Å². The first-order chi connectivity index (χ1) is 6.51. The van der Waals surface area contributed by atoms with Gasteiger partial charge >= 0.3 is 0 Å². The molecule has 0 unspecified atom stereocenters. The van der Waals surface area contributed by atoms with E-state index in [-0.39, 0.29) is 4.75 Å². The average molecular weight is 210 g/mol. The minimum absolute atomic E-state index is 0.215.